The monoisotopic (exact) mass is 253 g/mol. The summed E-state index contributed by atoms with van der Waals surface area (Å²) in [4.78, 5) is 20.0. The maximum absolute atomic E-state index is 11.0. The van der Waals surface area contributed by atoms with E-state index in [1.54, 1.807) is 0 Å². The summed E-state index contributed by atoms with van der Waals surface area (Å²) >= 11 is 0. The zero-order valence-electron chi connectivity index (χ0n) is 10.1. The molecule has 8 nitrogen and oxygen atoms in total. The SMILES string of the molecule is CC1CN(c2ncnc(N)c2[N+](=O)[O-])CCCO1. The average molecular weight is 253 g/mol. The van der Waals surface area contributed by atoms with Crippen molar-refractivity contribution in [2.24, 2.45) is 0 Å². The molecule has 1 aromatic heterocycles. The van der Waals surface area contributed by atoms with Crippen LogP contribution in [-0.4, -0.2) is 40.7 Å². The van der Waals surface area contributed by atoms with Crippen LogP contribution in [0.2, 0.25) is 0 Å². The molecule has 1 aliphatic heterocycles. The van der Waals surface area contributed by atoms with Crippen molar-refractivity contribution in [1.82, 2.24) is 9.97 Å². The van der Waals surface area contributed by atoms with Crippen LogP contribution in [0.15, 0.2) is 6.33 Å². The van der Waals surface area contributed by atoms with Gasteiger partial charge in [0.05, 0.1) is 11.0 Å². The van der Waals surface area contributed by atoms with Crippen LogP contribution in [-0.2, 0) is 4.74 Å². The summed E-state index contributed by atoms with van der Waals surface area (Å²) in [5, 5.41) is 11.0. The molecular formula is C10H15N5O3. The number of nitrogens with zero attached hydrogens (tertiary/aromatic N) is 4. The predicted octanol–water partition coefficient (Wildman–Crippen LogP) is 0.582. The van der Waals surface area contributed by atoms with Gasteiger partial charge in [-0.3, -0.25) is 10.1 Å². The molecule has 0 amide bonds. The molecule has 0 saturated carbocycles. The third kappa shape index (κ3) is 2.48. The Kier molecular flexibility index (Phi) is 3.56. The lowest BCUT2D eigenvalue weighted by atomic mass is 10.3. The molecule has 1 aliphatic rings. The normalized spacial score (nSPS) is 20.5. The van der Waals surface area contributed by atoms with E-state index in [0.717, 1.165) is 6.42 Å². The van der Waals surface area contributed by atoms with E-state index in [2.05, 4.69) is 9.97 Å². The number of anilines is 2. The molecule has 0 radical (unpaired) electrons. The van der Waals surface area contributed by atoms with Crippen LogP contribution < -0.4 is 10.6 Å². The van der Waals surface area contributed by atoms with Crippen molar-refractivity contribution in [3.8, 4) is 0 Å². The molecule has 98 valence electrons. The molecule has 18 heavy (non-hydrogen) atoms. The van der Waals surface area contributed by atoms with Crippen molar-refractivity contribution in [1.29, 1.82) is 0 Å². The summed E-state index contributed by atoms with van der Waals surface area (Å²) in [5.74, 6) is 0.160. The lowest BCUT2D eigenvalue weighted by Crippen LogP contribution is -2.31. The lowest BCUT2D eigenvalue weighted by Gasteiger charge is -2.22. The van der Waals surface area contributed by atoms with Crippen LogP contribution in [0.3, 0.4) is 0 Å². The zero-order valence-corrected chi connectivity index (χ0v) is 10.1. The molecule has 0 bridgehead atoms. The Morgan fingerprint density at radius 3 is 3.11 bits per heavy atom. The van der Waals surface area contributed by atoms with Gasteiger partial charge in [0.25, 0.3) is 0 Å². The van der Waals surface area contributed by atoms with Gasteiger partial charge in [0, 0.05) is 19.7 Å². The third-order valence-electron chi connectivity index (χ3n) is 2.77. The maximum atomic E-state index is 11.0. The molecule has 0 aliphatic carbocycles. The van der Waals surface area contributed by atoms with Gasteiger partial charge in [0.15, 0.2) is 0 Å². The minimum Gasteiger partial charge on any atom is -0.378 e. The van der Waals surface area contributed by atoms with E-state index in [-0.39, 0.29) is 23.4 Å². The average Bonchev–Trinajstić information content (AvgIpc) is 2.53. The van der Waals surface area contributed by atoms with E-state index in [9.17, 15) is 10.1 Å². The first-order chi connectivity index (χ1) is 8.59. The van der Waals surface area contributed by atoms with Crippen LogP contribution in [0.4, 0.5) is 17.3 Å². The number of hydrogen-bond acceptors (Lipinski definition) is 7. The first kappa shape index (κ1) is 12.5. The second kappa shape index (κ2) is 5.13. The van der Waals surface area contributed by atoms with E-state index in [0.29, 0.717) is 19.7 Å². The van der Waals surface area contributed by atoms with Crippen LogP contribution in [0.25, 0.3) is 0 Å². The predicted molar refractivity (Wildman–Crippen MR) is 65.3 cm³/mol. The molecule has 2 heterocycles. The van der Waals surface area contributed by atoms with Gasteiger partial charge in [-0.15, -0.1) is 0 Å². The van der Waals surface area contributed by atoms with Crippen molar-refractivity contribution in [3.05, 3.63) is 16.4 Å². The van der Waals surface area contributed by atoms with Crippen molar-refractivity contribution in [3.63, 3.8) is 0 Å². The summed E-state index contributed by atoms with van der Waals surface area (Å²) in [5.41, 5.74) is 5.32. The van der Waals surface area contributed by atoms with Gasteiger partial charge in [-0.25, -0.2) is 9.97 Å². The van der Waals surface area contributed by atoms with Gasteiger partial charge in [0.1, 0.15) is 6.33 Å². The number of hydrogen-bond donors (Lipinski definition) is 1. The van der Waals surface area contributed by atoms with Crippen LogP contribution >= 0.6 is 0 Å². The largest absolute Gasteiger partial charge is 0.378 e. The Hall–Kier alpha value is -1.96. The van der Waals surface area contributed by atoms with E-state index in [4.69, 9.17) is 10.5 Å². The molecule has 1 fully saturated rings. The molecule has 1 aromatic rings. The number of nitro groups is 1. The van der Waals surface area contributed by atoms with Gasteiger partial charge in [-0.05, 0) is 13.3 Å². The summed E-state index contributed by atoms with van der Waals surface area (Å²) in [6.45, 7) is 3.78. The van der Waals surface area contributed by atoms with Crippen molar-refractivity contribution < 1.29 is 9.66 Å². The van der Waals surface area contributed by atoms with Gasteiger partial charge in [-0.2, -0.15) is 0 Å². The minimum absolute atomic E-state index is 0.00305. The standard InChI is InChI=1S/C10H15N5O3/c1-7-5-14(3-2-4-18-7)10-8(15(16)17)9(11)12-6-13-10/h6-7H,2-5H2,1H3,(H2,11,12,13). The van der Waals surface area contributed by atoms with E-state index < -0.39 is 4.92 Å². The highest BCUT2D eigenvalue weighted by Gasteiger charge is 2.27. The summed E-state index contributed by atoms with van der Waals surface area (Å²) in [6.07, 6.45) is 2.04. The highest BCUT2D eigenvalue weighted by Crippen LogP contribution is 2.30. The van der Waals surface area contributed by atoms with Crippen molar-refractivity contribution in [2.75, 3.05) is 30.3 Å². The zero-order chi connectivity index (χ0) is 13.1. The molecule has 8 heteroatoms. The Morgan fingerprint density at radius 1 is 1.61 bits per heavy atom. The third-order valence-corrected chi connectivity index (χ3v) is 2.77. The molecule has 0 aromatic carbocycles. The molecule has 1 atom stereocenters. The van der Waals surface area contributed by atoms with Crippen molar-refractivity contribution >= 4 is 17.3 Å². The second-order valence-corrected chi connectivity index (χ2v) is 4.17. The fourth-order valence-electron chi connectivity index (χ4n) is 1.98. The van der Waals surface area contributed by atoms with E-state index in [1.165, 1.54) is 6.33 Å². The Bertz CT molecular complexity index is 453. The smallest absolute Gasteiger partial charge is 0.353 e. The summed E-state index contributed by atoms with van der Waals surface area (Å²) < 4.78 is 5.50. The first-order valence-electron chi connectivity index (χ1n) is 5.71. The Labute approximate surface area is 104 Å². The molecule has 0 spiro atoms. The quantitative estimate of drug-likeness (QED) is 0.606. The number of nitrogen functional groups attached to an aromatic ring is 1. The summed E-state index contributed by atoms with van der Waals surface area (Å²) in [7, 11) is 0. The highest BCUT2D eigenvalue weighted by molar-refractivity contribution is 5.68. The van der Waals surface area contributed by atoms with Gasteiger partial charge in [0.2, 0.25) is 11.6 Å². The molecule has 2 N–H and O–H groups in total. The molecule has 2 rings (SSSR count). The highest BCUT2D eigenvalue weighted by atomic mass is 16.6. The number of nitrogens with two attached hydrogens (primary N) is 1. The topological polar surface area (TPSA) is 107 Å². The number of aromatic nitrogens is 2. The van der Waals surface area contributed by atoms with Gasteiger partial charge in [-0.1, -0.05) is 0 Å². The van der Waals surface area contributed by atoms with E-state index >= 15 is 0 Å². The first-order valence-corrected chi connectivity index (χ1v) is 5.71. The number of rotatable bonds is 2. The Balaban J connectivity index is 2.37. The minimum atomic E-state index is -0.541. The van der Waals surface area contributed by atoms with Gasteiger partial charge < -0.3 is 15.4 Å². The molecule has 1 saturated heterocycles. The fourth-order valence-corrected chi connectivity index (χ4v) is 1.98. The van der Waals surface area contributed by atoms with E-state index in [1.807, 2.05) is 11.8 Å². The molecule has 1 unspecified atom stereocenters. The summed E-state index contributed by atoms with van der Waals surface area (Å²) in [6, 6.07) is 0. The van der Waals surface area contributed by atoms with Crippen LogP contribution in [0.5, 0.6) is 0 Å². The Morgan fingerprint density at radius 2 is 2.39 bits per heavy atom. The lowest BCUT2D eigenvalue weighted by molar-refractivity contribution is -0.383. The second-order valence-electron chi connectivity index (χ2n) is 4.17. The maximum Gasteiger partial charge on any atom is 0.353 e. The number of ether oxygens (including phenoxy) is 1. The van der Waals surface area contributed by atoms with Crippen LogP contribution in [0.1, 0.15) is 13.3 Å². The fraction of sp³-hybridized carbons (Fsp3) is 0.600. The van der Waals surface area contributed by atoms with Gasteiger partial charge >= 0.3 is 5.69 Å². The van der Waals surface area contributed by atoms with Crippen LogP contribution in [0, 0.1) is 10.1 Å². The molecular weight excluding hydrogens is 238 g/mol. The van der Waals surface area contributed by atoms with Crippen molar-refractivity contribution in [2.45, 2.75) is 19.4 Å².